The molecule has 2 aromatic heterocycles. The van der Waals surface area contributed by atoms with E-state index in [2.05, 4.69) is 28.8 Å². The Bertz CT molecular complexity index is 595. The van der Waals surface area contributed by atoms with Crippen LogP contribution in [-0.4, -0.2) is 32.7 Å². The van der Waals surface area contributed by atoms with Gasteiger partial charge in [-0.3, -0.25) is 0 Å². The number of hydrogen-bond acceptors (Lipinski definition) is 4. The molecule has 1 aliphatic carbocycles. The molecule has 2 heterocycles. The van der Waals surface area contributed by atoms with Crippen LogP contribution in [0.1, 0.15) is 32.6 Å². The van der Waals surface area contributed by atoms with E-state index in [9.17, 15) is 5.11 Å². The summed E-state index contributed by atoms with van der Waals surface area (Å²) >= 11 is 0. The zero-order valence-electron chi connectivity index (χ0n) is 12.2. The molecule has 0 amide bonds. The van der Waals surface area contributed by atoms with E-state index in [1.165, 1.54) is 25.7 Å². The van der Waals surface area contributed by atoms with Crippen LogP contribution in [0, 0.1) is 5.92 Å². The summed E-state index contributed by atoms with van der Waals surface area (Å²) < 4.78 is 1.73. The third-order valence-electron chi connectivity index (χ3n) is 4.59. The molecule has 0 aromatic carbocycles. The van der Waals surface area contributed by atoms with Crippen molar-refractivity contribution in [2.24, 2.45) is 5.92 Å². The number of nitrogens with zero attached hydrogens (tertiary/aromatic N) is 4. The highest BCUT2D eigenvalue weighted by Crippen LogP contribution is 2.32. The van der Waals surface area contributed by atoms with Crippen LogP contribution in [0.4, 0.5) is 5.82 Å². The van der Waals surface area contributed by atoms with Gasteiger partial charge in [-0.05, 0) is 24.8 Å². The first kappa shape index (κ1) is 13.4. The van der Waals surface area contributed by atoms with Crippen molar-refractivity contribution < 1.29 is 5.11 Å². The molecule has 2 aromatic rings. The van der Waals surface area contributed by atoms with Gasteiger partial charge in [0.25, 0.3) is 0 Å². The van der Waals surface area contributed by atoms with Crippen LogP contribution in [-0.2, 0) is 6.73 Å². The fourth-order valence-corrected chi connectivity index (χ4v) is 3.41. The first-order valence-electron chi connectivity index (χ1n) is 7.36. The van der Waals surface area contributed by atoms with E-state index >= 15 is 0 Å². The van der Waals surface area contributed by atoms with E-state index in [-0.39, 0.29) is 6.73 Å². The van der Waals surface area contributed by atoms with E-state index in [0.717, 1.165) is 16.9 Å². The summed E-state index contributed by atoms with van der Waals surface area (Å²) in [6.07, 6.45) is 8.61. The van der Waals surface area contributed by atoms with E-state index in [4.69, 9.17) is 0 Å². The second-order valence-corrected chi connectivity index (χ2v) is 5.80. The number of hydrogen-bond donors (Lipinski definition) is 1. The second kappa shape index (κ2) is 5.40. The number of rotatable bonds is 3. The first-order valence-corrected chi connectivity index (χ1v) is 7.36. The van der Waals surface area contributed by atoms with Crippen molar-refractivity contribution in [2.75, 3.05) is 11.9 Å². The van der Waals surface area contributed by atoms with Gasteiger partial charge in [0.05, 0.1) is 5.39 Å². The summed E-state index contributed by atoms with van der Waals surface area (Å²) in [5.41, 5.74) is 0.799. The molecule has 1 fully saturated rings. The summed E-state index contributed by atoms with van der Waals surface area (Å²) in [6, 6.07) is 2.53. The van der Waals surface area contributed by atoms with Gasteiger partial charge in [0.2, 0.25) is 0 Å². The molecule has 1 aliphatic rings. The monoisotopic (exact) mass is 274 g/mol. The molecule has 0 spiro atoms. The third kappa shape index (κ3) is 2.16. The first-order chi connectivity index (χ1) is 9.72. The van der Waals surface area contributed by atoms with Gasteiger partial charge in [0, 0.05) is 19.3 Å². The average molecular weight is 274 g/mol. The summed E-state index contributed by atoms with van der Waals surface area (Å²) in [5, 5.41) is 10.3. The minimum absolute atomic E-state index is 0.0521. The maximum Gasteiger partial charge on any atom is 0.147 e. The van der Waals surface area contributed by atoms with Crippen LogP contribution in [0.2, 0.25) is 0 Å². The minimum atomic E-state index is -0.0521. The quantitative estimate of drug-likeness (QED) is 0.933. The van der Waals surface area contributed by atoms with Crippen molar-refractivity contribution in [3.8, 4) is 0 Å². The normalized spacial score (nSPS) is 23.1. The number of aromatic nitrogens is 3. The lowest BCUT2D eigenvalue weighted by molar-refractivity contribution is 0.215. The molecule has 1 N–H and O–H groups in total. The SMILES string of the molecule is CC1CCCC[C@H]1N(C)c1ncnc2c1ccn2CO. The van der Waals surface area contributed by atoms with Gasteiger partial charge in [0.15, 0.2) is 0 Å². The zero-order chi connectivity index (χ0) is 14.1. The Labute approximate surface area is 119 Å². The predicted octanol–water partition coefficient (Wildman–Crippen LogP) is 2.40. The molecule has 0 aliphatic heterocycles. The summed E-state index contributed by atoms with van der Waals surface area (Å²) in [4.78, 5) is 11.1. The number of anilines is 1. The van der Waals surface area contributed by atoms with E-state index < -0.39 is 0 Å². The second-order valence-electron chi connectivity index (χ2n) is 5.80. The number of fused-ring (bicyclic) bond motifs is 1. The molecule has 2 atom stereocenters. The van der Waals surface area contributed by atoms with Crippen molar-refractivity contribution in [3.63, 3.8) is 0 Å². The van der Waals surface area contributed by atoms with Gasteiger partial charge in [-0.15, -0.1) is 0 Å². The molecule has 1 saturated carbocycles. The highest BCUT2D eigenvalue weighted by molar-refractivity contribution is 5.87. The minimum Gasteiger partial charge on any atom is -0.376 e. The van der Waals surface area contributed by atoms with Gasteiger partial charge in [0.1, 0.15) is 24.5 Å². The lowest BCUT2D eigenvalue weighted by atomic mass is 9.85. The van der Waals surface area contributed by atoms with Crippen molar-refractivity contribution in [1.29, 1.82) is 0 Å². The number of aliphatic hydroxyl groups is 1. The van der Waals surface area contributed by atoms with Gasteiger partial charge >= 0.3 is 0 Å². The Morgan fingerprint density at radius 1 is 1.35 bits per heavy atom. The Morgan fingerprint density at radius 2 is 2.15 bits per heavy atom. The summed E-state index contributed by atoms with van der Waals surface area (Å²) in [5.74, 6) is 1.67. The van der Waals surface area contributed by atoms with Crippen LogP contribution in [0.25, 0.3) is 11.0 Å². The molecule has 1 unspecified atom stereocenters. The lowest BCUT2D eigenvalue weighted by Gasteiger charge is -2.37. The zero-order valence-corrected chi connectivity index (χ0v) is 12.2. The van der Waals surface area contributed by atoms with Crippen molar-refractivity contribution in [2.45, 2.75) is 45.4 Å². The topological polar surface area (TPSA) is 54.2 Å². The van der Waals surface area contributed by atoms with Crippen LogP contribution in [0.5, 0.6) is 0 Å². The Morgan fingerprint density at radius 3 is 2.90 bits per heavy atom. The van der Waals surface area contributed by atoms with Gasteiger partial charge in [-0.25, -0.2) is 9.97 Å². The molecule has 108 valence electrons. The van der Waals surface area contributed by atoms with Crippen LogP contribution in [0.3, 0.4) is 0 Å². The molecular formula is C15H22N4O. The van der Waals surface area contributed by atoms with Crippen molar-refractivity contribution >= 4 is 16.9 Å². The average Bonchev–Trinajstić information content (AvgIpc) is 2.90. The van der Waals surface area contributed by atoms with Crippen LogP contribution < -0.4 is 4.90 Å². The Kier molecular flexibility index (Phi) is 3.61. The highest BCUT2D eigenvalue weighted by atomic mass is 16.3. The maximum atomic E-state index is 9.33. The van der Waals surface area contributed by atoms with Crippen molar-refractivity contribution in [3.05, 3.63) is 18.6 Å². The highest BCUT2D eigenvalue weighted by Gasteiger charge is 2.27. The smallest absolute Gasteiger partial charge is 0.147 e. The molecule has 5 nitrogen and oxygen atoms in total. The molecule has 5 heteroatoms. The van der Waals surface area contributed by atoms with Gasteiger partial charge < -0.3 is 14.6 Å². The van der Waals surface area contributed by atoms with E-state index in [1.54, 1.807) is 10.9 Å². The van der Waals surface area contributed by atoms with Crippen LogP contribution in [0.15, 0.2) is 18.6 Å². The van der Waals surface area contributed by atoms with Crippen LogP contribution >= 0.6 is 0 Å². The molecular weight excluding hydrogens is 252 g/mol. The molecule has 20 heavy (non-hydrogen) atoms. The standard InChI is InChI=1S/C15H22N4O/c1-11-5-3-4-6-13(11)18(2)14-12-7-8-19(10-20)15(12)17-9-16-14/h7-9,11,13,20H,3-6,10H2,1-2H3/t11?,13-/m1/s1. The Balaban J connectivity index is 1.98. The molecule has 3 rings (SSSR count). The van der Waals surface area contributed by atoms with Gasteiger partial charge in [-0.1, -0.05) is 19.8 Å². The number of aliphatic hydroxyl groups excluding tert-OH is 1. The fourth-order valence-electron chi connectivity index (χ4n) is 3.41. The Hall–Kier alpha value is -1.62. The van der Waals surface area contributed by atoms with E-state index in [0.29, 0.717) is 12.0 Å². The summed E-state index contributed by atoms with van der Waals surface area (Å²) in [7, 11) is 2.13. The fraction of sp³-hybridized carbons (Fsp3) is 0.600. The molecule has 0 bridgehead atoms. The van der Waals surface area contributed by atoms with Crippen molar-refractivity contribution in [1.82, 2.24) is 14.5 Å². The largest absolute Gasteiger partial charge is 0.376 e. The molecule has 0 saturated heterocycles. The lowest BCUT2D eigenvalue weighted by Crippen LogP contribution is -2.39. The summed E-state index contributed by atoms with van der Waals surface area (Å²) in [6.45, 7) is 2.28. The third-order valence-corrected chi connectivity index (χ3v) is 4.59. The molecule has 0 radical (unpaired) electrons. The van der Waals surface area contributed by atoms with Gasteiger partial charge in [-0.2, -0.15) is 0 Å². The predicted molar refractivity (Wildman–Crippen MR) is 79.6 cm³/mol. The maximum absolute atomic E-state index is 9.33. The van der Waals surface area contributed by atoms with E-state index in [1.807, 2.05) is 12.3 Å².